The molecule has 2 atom stereocenters. The fraction of sp³-hybridized carbons (Fsp3) is 0.214. The quantitative estimate of drug-likeness (QED) is 0.835. The molecule has 130 valence electrons. The fourth-order valence-electron chi connectivity index (χ4n) is 2.11. The molecule has 0 spiro atoms. The number of benzene rings is 1. The second-order valence-electron chi connectivity index (χ2n) is 4.91. The maximum Gasteiger partial charge on any atom is 0.409 e. The molecular weight excluding hydrogens is 353 g/mol. The molecule has 2 aromatic rings. The van der Waals surface area contributed by atoms with E-state index in [1.54, 1.807) is 0 Å². The number of alkyl halides is 3. The molecule has 0 saturated carbocycles. The fourth-order valence-corrected chi connectivity index (χ4v) is 3.46. The highest BCUT2D eigenvalue weighted by atomic mass is 32.2. The van der Waals surface area contributed by atoms with Gasteiger partial charge in [-0.3, -0.25) is 4.98 Å². The Morgan fingerprint density at radius 3 is 2.21 bits per heavy atom. The minimum Gasteiger partial charge on any atom is -0.260 e. The van der Waals surface area contributed by atoms with E-state index >= 15 is 0 Å². The van der Waals surface area contributed by atoms with E-state index in [9.17, 15) is 26.2 Å². The third kappa shape index (κ3) is 3.70. The lowest BCUT2D eigenvalue weighted by molar-refractivity contribution is -0.170. The molecule has 1 heterocycles. The van der Waals surface area contributed by atoms with Crippen LogP contribution in [0.2, 0.25) is 0 Å². The Balaban J connectivity index is 2.52. The van der Waals surface area contributed by atoms with Gasteiger partial charge in [0.25, 0.3) is 0 Å². The molecule has 2 rings (SSSR count). The van der Waals surface area contributed by atoms with Crippen LogP contribution in [-0.4, -0.2) is 26.7 Å². The van der Waals surface area contributed by atoms with E-state index in [4.69, 9.17) is 4.78 Å². The van der Waals surface area contributed by atoms with Gasteiger partial charge in [0.15, 0.2) is 0 Å². The van der Waals surface area contributed by atoms with Gasteiger partial charge in [0.2, 0.25) is 0 Å². The number of aromatic nitrogens is 1. The van der Waals surface area contributed by atoms with Crippen molar-refractivity contribution in [3.63, 3.8) is 0 Å². The summed E-state index contributed by atoms with van der Waals surface area (Å²) < 4.78 is 87.2. The van der Waals surface area contributed by atoms with Gasteiger partial charge >= 0.3 is 6.18 Å². The Morgan fingerprint density at radius 1 is 1.12 bits per heavy atom. The molecule has 0 fully saturated rings. The molecule has 0 aliphatic rings. The number of halogens is 5. The maximum atomic E-state index is 13.4. The van der Waals surface area contributed by atoms with Crippen LogP contribution in [0.5, 0.6) is 0 Å². The zero-order valence-electron chi connectivity index (χ0n) is 12.2. The maximum absolute atomic E-state index is 13.4. The molecular formula is C14H12F5N3OS. The van der Waals surface area contributed by atoms with Gasteiger partial charge in [-0.05, 0) is 23.8 Å². The van der Waals surface area contributed by atoms with Gasteiger partial charge in [-0.25, -0.2) is 22.1 Å². The van der Waals surface area contributed by atoms with Crippen molar-refractivity contribution >= 4 is 9.92 Å². The van der Waals surface area contributed by atoms with Gasteiger partial charge in [-0.2, -0.15) is 13.2 Å². The topological polar surface area (TPSA) is 57.1 Å². The summed E-state index contributed by atoms with van der Waals surface area (Å²) >= 11 is 0. The minimum absolute atomic E-state index is 0.274. The van der Waals surface area contributed by atoms with Gasteiger partial charge in [0.05, 0.1) is 11.1 Å². The van der Waals surface area contributed by atoms with Crippen LogP contribution in [0.15, 0.2) is 47.6 Å². The Kier molecular flexibility index (Phi) is 4.90. The number of rotatable bonds is 4. The summed E-state index contributed by atoms with van der Waals surface area (Å²) in [6, 6.07) is 1.70. The predicted molar refractivity (Wildman–Crippen MR) is 76.3 cm³/mol. The van der Waals surface area contributed by atoms with Crippen LogP contribution >= 0.6 is 0 Å². The predicted octanol–water partition coefficient (Wildman–Crippen LogP) is 3.92. The van der Waals surface area contributed by atoms with Crippen molar-refractivity contribution < 1.29 is 26.2 Å². The second kappa shape index (κ2) is 6.44. The standard InChI is InChI=1S/C14H12F5N3OS/c1-22(24(20,23)12-6-11(16)7-21-8-12)13(14(17,18)19)9-2-4-10(15)5-3-9/h2-8,13,20H,1H3/t13-,24+/m1/s1. The third-order valence-electron chi connectivity index (χ3n) is 3.26. The van der Waals surface area contributed by atoms with E-state index in [0.29, 0.717) is 6.07 Å². The van der Waals surface area contributed by atoms with Crippen LogP contribution in [-0.2, 0) is 9.92 Å². The first-order valence-corrected chi connectivity index (χ1v) is 7.99. The molecule has 0 radical (unpaired) electrons. The molecule has 0 amide bonds. The molecule has 24 heavy (non-hydrogen) atoms. The molecule has 0 aliphatic heterocycles. The number of hydrogen-bond donors (Lipinski definition) is 1. The number of nitrogens with one attached hydrogen (secondary N) is 1. The van der Waals surface area contributed by atoms with Crippen LogP contribution in [0.4, 0.5) is 22.0 Å². The highest BCUT2D eigenvalue weighted by Gasteiger charge is 2.46. The first-order valence-electron chi connectivity index (χ1n) is 6.48. The van der Waals surface area contributed by atoms with Gasteiger partial charge in [0.1, 0.15) is 27.6 Å². The molecule has 1 aromatic carbocycles. The first-order chi connectivity index (χ1) is 11.0. The molecule has 4 nitrogen and oxygen atoms in total. The van der Waals surface area contributed by atoms with Crippen molar-refractivity contribution in [1.29, 1.82) is 4.78 Å². The smallest absolute Gasteiger partial charge is 0.260 e. The van der Waals surface area contributed by atoms with E-state index in [-0.39, 0.29) is 4.31 Å². The Bertz CT molecular complexity index is 821. The molecule has 0 aliphatic carbocycles. The normalized spacial score (nSPS) is 16.0. The van der Waals surface area contributed by atoms with Crippen molar-refractivity contribution in [3.05, 3.63) is 59.9 Å². The van der Waals surface area contributed by atoms with Crippen LogP contribution in [0, 0.1) is 16.4 Å². The summed E-state index contributed by atoms with van der Waals surface area (Å²) in [5.41, 5.74) is -0.393. The highest BCUT2D eigenvalue weighted by molar-refractivity contribution is 7.90. The average Bonchev–Trinajstić information content (AvgIpc) is 2.48. The number of pyridine rings is 1. The van der Waals surface area contributed by atoms with Crippen molar-refractivity contribution in [3.8, 4) is 0 Å². The van der Waals surface area contributed by atoms with Gasteiger partial charge in [-0.15, -0.1) is 0 Å². The molecule has 0 unspecified atom stereocenters. The Hall–Kier alpha value is -2.07. The van der Waals surface area contributed by atoms with E-state index in [0.717, 1.165) is 43.7 Å². The van der Waals surface area contributed by atoms with E-state index in [1.165, 1.54) is 0 Å². The van der Waals surface area contributed by atoms with Gasteiger partial charge < -0.3 is 0 Å². The van der Waals surface area contributed by atoms with Crippen molar-refractivity contribution in [2.45, 2.75) is 17.1 Å². The summed E-state index contributed by atoms with van der Waals surface area (Å²) in [7, 11) is -3.35. The summed E-state index contributed by atoms with van der Waals surface area (Å²) in [6.45, 7) is 0. The number of hydrogen-bond acceptors (Lipinski definition) is 3. The van der Waals surface area contributed by atoms with Crippen LogP contribution in [0.25, 0.3) is 0 Å². The Morgan fingerprint density at radius 2 is 1.71 bits per heavy atom. The number of nitrogens with zero attached hydrogens (tertiary/aromatic N) is 2. The minimum atomic E-state index is -4.89. The monoisotopic (exact) mass is 365 g/mol. The SMILES string of the molecule is CN([C@H](c1ccc(F)cc1)C(F)(F)F)[S@](=N)(=O)c1cncc(F)c1. The van der Waals surface area contributed by atoms with Crippen molar-refractivity contribution in [1.82, 2.24) is 9.29 Å². The summed E-state index contributed by atoms with van der Waals surface area (Å²) in [5, 5.41) is 0. The van der Waals surface area contributed by atoms with E-state index in [1.807, 2.05) is 0 Å². The first kappa shape index (κ1) is 18.3. The molecule has 0 bridgehead atoms. The van der Waals surface area contributed by atoms with Crippen molar-refractivity contribution in [2.24, 2.45) is 0 Å². The van der Waals surface area contributed by atoms with E-state index in [2.05, 4.69) is 4.98 Å². The summed E-state index contributed by atoms with van der Waals surface area (Å²) in [4.78, 5) is 2.91. The largest absolute Gasteiger partial charge is 0.409 e. The zero-order chi connectivity index (χ0) is 18.1. The molecule has 1 N–H and O–H groups in total. The van der Waals surface area contributed by atoms with Crippen LogP contribution in [0.1, 0.15) is 11.6 Å². The van der Waals surface area contributed by atoms with Gasteiger partial charge in [-0.1, -0.05) is 12.1 Å². The molecule has 1 aromatic heterocycles. The molecule has 10 heteroatoms. The van der Waals surface area contributed by atoms with Gasteiger partial charge in [0, 0.05) is 13.2 Å². The Labute approximate surface area is 135 Å². The van der Waals surface area contributed by atoms with Crippen molar-refractivity contribution in [2.75, 3.05) is 7.05 Å². The lowest BCUT2D eigenvalue weighted by Gasteiger charge is -2.31. The van der Waals surface area contributed by atoms with E-state index < -0.39 is 44.2 Å². The summed E-state index contributed by atoms with van der Waals surface area (Å²) in [5.74, 6) is -1.66. The summed E-state index contributed by atoms with van der Waals surface area (Å²) in [6.07, 6.45) is -3.25. The zero-order valence-corrected chi connectivity index (χ0v) is 13.0. The van der Waals surface area contributed by atoms with Crippen LogP contribution in [0.3, 0.4) is 0 Å². The lowest BCUT2D eigenvalue weighted by Crippen LogP contribution is -2.39. The second-order valence-corrected chi connectivity index (χ2v) is 7.01. The third-order valence-corrected chi connectivity index (χ3v) is 5.15. The highest BCUT2D eigenvalue weighted by Crippen LogP contribution is 2.39. The lowest BCUT2D eigenvalue weighted by atomic mass is 10.1. The average molecular weight is 365 g/mol. The molecule has 0 saturated heterocycles. The van der Waals surface area contributed by atoms with Crippen LogP contribution < -0.4 is 0 Å².